The van der Waals surface area contributed by atoms with Crippen molar-refractivity contribution in [3.05, 3.63) is 29.8 Å². The first-order valence-corrected chi connectivity index (χ1v) is 5.57. The first-order valence-electron chi connectivity index (χ1n) is 4.75. The van der Waals surface area contributed by atoms with E-state index in [9.17, 15) is 0 Å². The highest BCUT2D eigenvalue weighted by Crippen LogP contribution is 2.18. The van der Waals surface area contributed by atoms with Crippen LogP contribution in [0, 0.1) is 0 Å². The third-order valence-electron chi connectivity index (χ3n) is 2.34. The van der Waals surface area contributed by atoms with Crippen molar-refractivity contribution in [1.29, 1.82) is 0 Å². The second-order valence-corrected chi connectivity index (χ2v) is 4.40. The summed E-state index contributed by atoms with van der Waals surface area (Å²) in [6.07, 6.45) is 0.945. The molecule has 78 valence electrons. The summed E-state index contributed by atoms with van der Waals surface area (Å²) in [5.41, 5.74) is 1.24. The monoisotopic (exact) mass is 210 g/mol. The molecule has 1 aromatic rings. The molecule has 0 atom stereocenters. The molecule has 2 nitrogen and oxygen atoms in total. The summed E-state index contributed by atoms with van der Waals surface area (Å²) in [7, 11) is 2.46. The molecule has 0 fully saturated rings. The summed E-state index contributed by atoms with van der Waals surface area (Å²) >= 11 is 0. The van der Waals surface area contributed by atoms with Crippen LogP contribution in [0.25, 0.3) is 0 Å². The van der Waals surface area contributed by atoms with E-state index in [1.165, 1.54) is 5.56 Å². The predicted molar refractivity (Wildman–Crippen MR) is 61.8 cm³/mol. The van der Waals surface area contributed by atoms with Crippen molar-refractivity contribution in [3.63, 3.8) is 0 Å². The molecule has 0 aliphatic rings. The third kappa shape index (κ3) is 3.16. The zero-order valence-corrected chi connectivity index (χ0v) is 11.3. The molecule has 0 bridgehead atoms. The lowest BCUT2D eigenvalue weighted by atomic mass is 9.99. The summed E-state index contributed by atoms with van der Waals surface area (Å²) in [5.74, 6) is 0.901. The molecular formula is C11H18O2Si. The van der Waals surface area contributed by atoms with E-state index in [1.54, 1.807) is 7.11 Å². The maximum absolute atomic E-state index is 5.51. The van der Waals surface area contributed by atoms with Crippen LogP contribution in [-0.4, -0.2) is 23.2 Å². The molecule has 0 N–H and O–H groups in total. The van der Waals surface area contributed by atoms with E-state index in [1.807, 2.05) is 12.1 Å². The van der Waals surface area contributed by atoms with E-state index >= 15 is 0 Å². The van der Waals surface area contributed by atoms with Crippen LogP contribution < -0.4 is 4.74 Å². The van der Waals surface area contributed by atoms with Gasteiger partial charge in [0.05, 0.1) is 12.7 Å². The van der Waals surface area contributed by atoms with Gasteiger partial charge in [-0.05, 0) is 38.0 Å². The molecule has 0 amide bonds. The summed E-state index contributed by atoms with van der Waals surface area (Å²) in [6.45, 7) is 4.23. The molecule has 0 aliphatic heterocycles. The van der Waals surface area contributed by atoms with E-state index in [0.29, 0.717) is 0 Å². The van der Waals surface area contributed by atoms with Crippen LogP contribution in [0.1, 0.15) is 19.4 Å². The Morgan fingerprint density at radius 3 is 2.21 bits per heavy atom. The number of hydrogen-bond acceptors (Lipinski definition) is 2. The molecular weight excluding hydrogens is 192 g/mol. The Bertz CT molecular complexity index is 280. The SMILES string of the molecule is COc1ccc(CC(C)(C)O[SiH3])cc1. The second kappa shape index (κ2) is 4.62. The molecule has 14 heavy (non-hydrogen) atoms. The summed E-state index contributed by atoms with van der Waals surface area (Å²) < 4.78 is 10.6. The second-order valence-electron chi connectivity index (χ2n) is 3.99. The lowest BCUT2D eigenvalue weighted by Gasteiger charge is -2.23. The van der Waals surface area contributed by atoms with Crippen molar-refractivity contribution in [2.45, 2.75) is 25.9 Å². The van der Waals surface area contributed by atoms with Gasteiger partial charge in [-0.2, -0.15) is 0 Å². The molecule has 0 aliphatic carbocycles. The van der Waals surface area contributed by atoms with Crippen molar-refractivity contribution >= 4 is 10.5 Å². The molecule has 0 unspecified atom stereocenters. The van der Waals surface area contributed by atoms with Gasteiger partial charge in [-0.15, -0.1) is 0 Å². The first-order chi connectivity index (χ1) is 6.57. The minimum atomic E-state index is -0.0409. The molecule has 3 heteroatoms. The topological polar surface area (TPSA) is 18.5 Å². The highest BCUT2D eigenvalue weighted by Gasteiger charge is 2.15. The normalized spacial score (nSPS) is 11.6. The molecule has 0 aromatic heterocycles. The average Bonchev–Trinajstić information content (AvgIpc) is 2.19. The van der Waals surface area contributed by atoms with Crippen molar-refractivity contribution in [1.82, 2.24) is 0 Å². The lowest BCUT2D eigenvalue weighted by Crippen LogP contribution is -2.26. The number of ether oxygens (including phenoxy) is 1. The van der Waals surface area contributed by atoms with Crippen molar-refractivity contribution < 1.29 is 9.16 Å². The van der Waals surface area contributed by atoms with Gasteiger partial charge in [0.2, 0.25) is 0 Å². The molecule has 0 saturated carbocycles. The Morgan fingerprint density at radius 1 is 1.21 bits per heavy atom. The molecule has 0 saturated heterocycles. The van der Waals surface area contributed by atoms with Gasteiger partial charge in [0, 0.05) is 0 Å². The first kappa shape index (κ1) is 11.3. The summed E-state index contributed by atoms with van der Waals surface area (Å²) in [6, 6.07) is 8.14. The molecule has 0 heterocycles. The van der Waals surface area contributed by atoms with Crippen molar-refractivity contribution in [2.75, 3.05) is 7.11 Å². The number of rotatable bonds is 4. The fraction of sp³-hybridized carbons (Fsp3) is 0.455. The van der Waals surface area contributed by atoms with E-state index in [2.05, 4.69) is 26.0 Å². The predicted octanol–water partition coefficient (Wildman–Crippen LogP) is 1.31. The van der Waals surface area contributed by atoms with Gasteiger partial charge in [-0.3, -0.25) is 0 Å². The Kier molecular flexibility index (Phi) is 3.72. The molecule has 1 rings (SSSR count). The molecule has 0 radical (unpaired) electrons. The minimum absolute atomic E-state index is 0.0409. The Hall–Kier alpha value is -0.803. The maximum Gasteiger partial charge on any atom is 0.146 e. The fourth-order valence-corrected chi connectivity index (χ4v) is 1.45. The van der Waals surface area contributed by atoms with Crippen molar-refractivity contribution in [2.24, 2.45) is 0 Å². The van der Waals surface area contributed by atoms with E-state index < -0.39 is 0 Å². The van der Waals surface area contributed by atoms with Crippen LogP contribution in [0.5, 0.6) is 5.75 Å². The zero-order chi connectivity index (χ0) is 10.6. The fourth-order valence-electron chi connectivity index (χ4n) is 1.31. The molecule has 0 spiro atoms. The van der Waals surface area contributed by atoms with Crippen LogP contribution in [0.2, 0.25) is 0 Å². The molecule has 1 aromatic carbocycles. The highest BCUT2D eigenvalue weighted by atomic mass is 28.2. The van der Waals surface area contributed by atoms with Gasteiger partial charge in [-0.1, -0.05) is 12.1 Å². The van der Waals surface area contributed by atoms with Crippen LogP contribution in [-0.2, 0) is 10.8 Å². The van der Waals surface area contributed by atoms with Crippen LogP contribution in [0.4, 0.5) is 0 Å². The summed E-state index contributed by atoms with van der Waals surface area (Å²) in [5, 5.41) is 0. The van der Waals surface area contributed by atoms with Crippen LogP contribution >= 0.6 is 0 Å². The zero-order valence-electron chi connectivity index (χ0n) is 9.33. The number of hydrogen-bond donors (Lipinski definition) is 0. The quantitative estimate of drug-likeness (QED) is 0.698. The van der Waals surface area contributed by atoms with Crippen LogP contribution in [0.15, 0.2) is 24.3 Å². The van der Waals surface area contributed by atoms with Gasteiger partial charge >= 0.3 is 0 Å². The number of methoxy groups -OCH3 is 1. The van der Waals surface area contributed by atoms with Gasteiger partial charge in [0.15, 0.2) is 0 Å². The van der Waals surface area contributed by atoms with E-state index in [4.69, 9.17) is 9.16 Å². The third-order valence-corrected chi connectivity index (χ3v) is 3.45. The maximum atomic E-state index is 5.51. The Morgan fingerprint density at radius 2 is 1.79 bits per heavy atom. The summed E-state index contributed by atoms with van der Waals surface area (Å²) in [4.78, 5) is 0. The smallest absolute Gasteiger partial charge is 0.146 e. The highest BCUT2D eigenvalue weighted by molar-refractivity contribution is 5.98. The minimum Gasteiger partial charge on any atom is -0.497 e. The van der Waals surface area contributed by atoms with Gasteiger partial charge in [0.1, 0.15) is 16.2 Å². The van der Waals surface area contributed by atoms with Crippen LogP contribution in [0.3, 0.4) is 0 Å². The van der Waals surface area contributed by atoms with E-state index in [-0.39, 0.29) is 5.60 Å². The Balaban J connectivity index is 2.69. The van der Waals surface area contributed by atoms with Crippen molar-refractivity contribution in [3.8, 4) is 5.75 Å². The Labute approximate surface area is 88.8 Å². The number of benzene rings is 1. The standard InChI is InChI=1S/C11H18O2Si/c1-11(2,13-14)8-9-4-6-10(12-3)7-5-9/h4-7H,8H2,1-3,14H3. The van der Waals surface area contributed by atoms with Gasteiger partial charge in [-0.25, -0.2) is 0 Å². The van der Waals surface area contributed by atoms with E-state index in [0.717, 1.165) is 22.7 Å². The lowest BCUT2D eigenvalue weighted by molar-refractivity contribution is 0.124. The largest absolute Gasteiger partial charge is 0.497 e. The van der Waals surface area contributed by atoms with Gasteiger partial charge in [0.25, 0.3) is 0 Å². The average molecular weight is 210 g/mol. The van der Waals surface area contributed by atoms with Gasteiger partial charge < -0.3 is 9.16 Å².